The molecular formula is C23H27BrO4. The van der Waals surface area contributed by atoms with Crippen LogP contribution in [-0.2, 0) is 20.7 Å². The zero-order valence-electron chi connectivity index (χ0n) is 16.6. The van der Waals surface area contributed by atoms with E-state index < -0.39 is 5.92 Å². The first-order chi connectivity index (χ1) is 13.4. The lowest BCUT2D eigenvalue weighted by Gasteiger charge is -2.15. The van der Waals surface area contributed by atoms with Crippen LogP contribution < -0.4 is 0 Å². The summed E-state index contributed by atoms with van der Waals surface area (Å²) in [5.41, 5.74) is 2.37. The van der Waals surface area contributed by atoms with Gasteiger partial charge in [0.1, 0.15) is 0 Å². The maximum Gasteiger partial charge on any atom is 0.338 e. The van der Waals surface area contributed by atoms with Gasteiger partial charge in [0.05, 0.1) is 25.2 Å². The topological polar surface area (TPSA) is 52.6 Å². The number of carbonyl (C=O) groups is 2. The number of esters is 2. The SMILES string of the molecule is COC(=O)[C@@H](Cc1ccc(C(=O)OCCCC(C)C)cc1)c1ccc(Br)cc1. The number of rotatable bonds is 9. The Kier molecular flexibility index (Phi) is 8.71. The van der Waals surface area contributed by atoms with Crippen molar-refractivity contribution in [2.24, 2.45) is 5.92 Å². The van der Waals surface area contributed by atoms with E-state index in [0.29, 0.717) is 24.5 Å². The Morgan fingerprint density at radius 1 is 1.00 bits per heavy atom. The molecule has 0 unspecified atom stereocenters. The first-order valence-electron chi connectivity index (χ1n) is 9.50. The lowest BCUT2D eigenvalue weighted by molar-refractivity contribution is -0.142. The molecule has 0 heterocycles. The van der Waals surface area contributed by atoms with Crippen molar-refractivity contribution in [3.8, 4) is 0 Å². The van der Waals surface area contributed by atoms with Gasteiger partial charge in [0.2, 0.25) is 0 Å². The van der Waals surface area contributed by atoms with Gasteiger partial charge in [-0.1, -0.05) is 54.0 Å². The average Bonchev–Trinajstić information content (AvgIpc) is 2.69. The highest BCUT2D eigenvalue weighted by Crippen LogP contribution is 2.24. The van der Waals surface area contributed by atoms with E-state index >= 15 is 0 Å². The van der Waals surface area contributed by atoms with E-state index in [9.17, 15) is 9.59 Å². The van der Waals surface area contributed by atoms with Crippen molar-refractivity contribution < 1.29 is 19.1 Å². The molecule has 150 valence electrons. The van der Waals surface area contributed by atoms with Crippen molar-refractivity contribution >= 4 is 27.9 Å². The summed E-state index contributed by atoms with van der Waals surface area (Å²) in [7, 11) is 1.40. The molecule has 5 heteroatoms. The fourth-order valence-electron chi connectivity index (χ4n) is 2.93. The molecule has 0 aliphatic carbocycles. The normalized spacial score (nSPS) is 11.9. The molecule has 0 saturated carbocycles. The monoisotopic (exact) mass is 446 g/mol. The molecule has 2 aromatic rings. The number of halogens is 1. The third-order valence-electron chi connectivity index (χ3n) is 4.55. The maximum absolute atomic E-state index is 12.3. The summed E-state index contributed by atoms with van der Waals surface area (Å²) in [6.07, 6.45) is 2.41. The molecule has 0 aromatic heterocycles. The van der Waals surface area contributed by atoms with Crippen molar-refractivity contribution in [2.45, 2.75) is 39.0 Å². The third-order valence-corrected chi connectivity index (χ3v) is 5.08. The van der Waals surface area contributed by atoms with Gasteiger partial charge in [-0.3, -0.25) is 4.79 Å². The Hall–Kier alpha value is -2.14. The van der Waals surface area contributed by atoms with Crippen LogP contribution in [0.4, 0.5) is 0 Å². The lowest BCUT2D eigenvalue weighted by atomic mass is 9.92. The molecule has 0 aliphatic heterocycles. The van der Waals surface area contributed by atoms with Crippen molar-refractivity contribution in [1.29, 1.82) is 0 Å². The minimum atomic E-state index is -0.396. The second-order valence-electron chi connectivity index (χ2n) is 7.20. The fourth-order valence-corrected chi connectivity index (χ4v) is 3.19. The number of ether oxygens (including phenoxy) is 2. The molecule has 0 N–H and O–H groups in total. The van der Waals surface area contributed by atoms with E-state index in [1.165, 1.54) is 7.11 Å². The standard InChI is InChI=1S/C23H27BrO4/c1-16(2)5-4-14-28-22(25)19-8-6-17(7-9-19)15-21(23(26)27-3)18-10-12-20(24)13-11-18/h6-13,16,21H,4-5,14-15H2,1-3H3/t21-/m0/s1. The van der Waals surface area contributed by atoms with Gasteiger partial charge in [-0.2, -0.15) is 0 Å². The van der Waals surface area contributed by atoms with E-state index in [1.54, 1.807) is 12.1 Å². The van der Waals surface area contributed by atoms with Gasteiger partial charge in [0, 0.05) is 4.47 Å². The van der Waals surface area contributed by atoms with Crippen LogP contribution in [0.3, 0.4) is 0 Å². The van der Waals surface area contributed by atoms with E-state index in [0.717, 1.165) is 28.4 Å². The number of carbonyl (C=O) groups excluding carboxylic acids is 2. The van der Waals surface area contributed by atoms with Gasteiger partial charge < -0.3 is 9.47 Å². The van der Waals surface area contributed by atoms with Crippen molar-refractivity contribution in [3.63, 3.8) is 0 Å². The van der Waals surface area contributed by atoms with Crippen LogP contribution in [0, 0.1) is 5.92 Å². The van der Waals surface area contributed by atoms with Gasteiger partial charge in [-0.15, -0.1) is 0 Å². The van der Waals surface area contributed by atoms with Gasteiger partial charge in [0.25, 0.3) is 0 Å². The van der Waals surface area contributed by atoms with Gasteiger partial charge in [0.15, 0.2) is 0 Å². The van der Waals surface area contributed by atoms with E-state index in [2.05, 4.69) is 29.8 Å². The van der Waals surface area contributed by atoms with Crippen LogP contribution in [0.25, 0.3) is 0 Å². The summed E-state index contributed by atoms with van der Waals surface area (Å²) < 4.78 is 11.3. The van der Waals surface area contributed by atoms with Crippen LogP contribution in [0.1, 0.15) is 54.1 Å². The zero-order valence-corrected chi connectivity index (χ0v) is 18.2. The Labute approximate surface area is 175 Å². The molecular weight excluding hydrogens is 420 g/mol. The minimum absolute atomic E-state index is 0.282. The van der Waals surface area contributed by atoms with Gasteiger partial charge in [-0.05, 0) is 60.6 Å². The second-order valence-corrected chi connectivity index (χ2v) is 8.12. The number of hydrogen-bond acceptors (Lipinski definition) is 4. The van der Waals surface area contributed by atoms with Crippen molar-refractivity contribution in [1.82, 2.24) is 0 Å². The number of benzene rings is 2. The average molecular weight is 447 g/mol. The first kappa shape index (κ1) is 22.2. The zero-order chi connectivity index (χ0) is 20.5. The van der Waals surface area contributed by atoms with Gasteiger partial charge in [-0.25, -0.2) is 4.79 Å². The van der Waals surface area contributed by atoms with Crippen molar-refractivity contribution in [3.05, 3.63) is 69.7 Å². The lowest BCUT2D eigenvalue weighted by Crippen LogP contribution is -2.17. The maximum atomic E-state index is 12.3. The van der Waals surface area contributed by atoms with E-state index in [1.807, 2.05) is 36.4 Å². The predicted octanol–water partition coefficient (Wildman–Crippen LogP) is 5.54. The van der Waals surface area contributed by atoms with Crippen LogP contribution in [0.2, 0.25) is 0 Å². The summed E-state index contributed by atoms with van der Waals surface area (Å²) in [5, 5.41) is 0. The Morgan fingerprint density at radius 2 is 1.64 bits per heavy atom. The summed E-state index contributed by atoms with van der Waals surface area (Å²) >= 11 is 3.41. The van der Waals surface area contributed by atoms with Crippen LogP contribution in [0.15, 0.2) is 53.0 Å². The third kappa shape index (κ3) is 6.79. The fraction of sp³-hybridized carbons (Fsp3) is 0.391. The molecule has 2 aromatic carbocycles. The second kappa shape index (κ2) is 11.0. The summed E-state index contributed by atoms with van der Waals surface area (Å²) in [4.78, 5) is 24.4. The minimum Gasteiger partial charge on any atom is -0.469 e. The molecule has 0 saturated heterocycles. The molecule has 4 nitrogen and oxygen atoms in total. The molecule has 0 spiro atoms. The highest BCUT2D eigenvalue weighted by Gasteiger charge is 2.22. The van der Waals surface area contributed by atoms with Crippen LogP contribution in [0.5, 0.6) is 0 Å². The Balaban J connectivity index is 2.01. The molecule has 0 bridgehead atoms. The summed E-state index contributed by atoms with van der Waals surface area (Å²) in [6, 6.07) is 14.8. The number of hydrogen-bond donors (Lipinski definition) is 0. The van der Waals surface area contributed by atoms with E-state index in [4.69, 9.17) is 9.47 Å². The highest BCUT2D eigenvalue weighted by atomic mass is 79.9. The smallest absolute Gasteiger partial charge is 0.338 e. The highest BCUT2D eigenvalue weighted by molar-refractivity contribution is 9.10. The van der Waals surface area contributed by atoms with Crippen LogP contribution in [-0.4, -0.2) is 25.7 Å². The van der Waals surface area contributed by atoms with E-state index in [-0.39, 0.29) is 11.9 Å². The Bertz CT molecular complexity index is 766. The molecule has 0 amide bonds. The van der Waals surface area contributed by atoms with Crippen molar-refractivity contribution in [2.75, 3.05) is 13.7 Å². The number of methoxy groups -OCH3 is 1. The Morgan fingerprint density at radius 3 is 2.21 bits per heavy atom. The van der Waals surface area contributed by atoms with Crippen LogP contribution >= 0.6 is 15.9 Å². The molecule has 28 heavy (non-hydrogen) atoms. The molecule has 0 radical (unpaired) electrons. The largest absolute Gasteiger partial charge is 0.469 e. The summed E-state index contributed by atoms with van der Waals surface area (Å²) in [5.74, 6) is -0.387. The molecule has 1 atom stereocenters. The first-order valence-corrected chi connectivity index (χ1v) is 10.3. The quantitative estimate of drug-likeness (QED) is 0.374. The predicted molar refractivity (Wildman–Crippen MR) is 113 cm³/mol. The molecule has 0 fully saturated rings. The molecule has 2 rings (SSSR count). The molecule has 0 aliphatic rings. The summed E-state index contributed by atoms with van der Waals surface area (Å²) in [6.45, 7) is 4.74. The van der Waals surface area contributed by atoms with Gasteiger partial charge >= 0.3 is 11.9 Å².